The van der Waals surface area contributed by atoms with Crippen LogP contribution in [0.3, 0.4) is 0 Å². The Morgan fingerprint density at radius 2 is 1.88 bits per heavy atom. The fourth-order valence-electron chi connectivity index (χ4n) is 1.42. The van der Waals surface area contributed by atoms with E-state index in [0.717, 1.165) is 11.4 Å². The first-order chi connectivity index (χ1) is 7.79. The number of hydrogen-bond donors (Lipinski definition) is 1. The smallest absolute Gasteiger partial charge is 0.146 e. The molecule has 2 aromatic rings. The quantitative estimate of drug-likeness (QED) is 0.848. The summed E-state index contributed by atoms with van der Waals surface area (Å²) in [5.74, 6) is 0.464. The molecular formula is C13H12FNO. The van der Waals surface area contributed by atoms with Gasteiger partial charge in [-0.15, -0.1) is 0 Å². The lowest BCUT2D eigenvalue weighted by Crippen LogP contribution is -1.93. The third-order valence-corrected chi connectivity index (χ3v) is 2.22. The highest BCUT2D eigenvalue weighted by Gasteiger charge is 2.01. The molecule has 0 spiro atoms. The average Bonchev–Trinajstić information content (AvgIpc) is 2.32. The van der Waals surface area contributed by atoms with Crippen LogP contribution >= 0.6 is 0 Å². The number of ether oxygens (including phenoxy) is 1. The summed E-state index contributed by atoms with van der Waals surface area (Å²) < 4.78 is 18.5. The van der Waals surface area contributed by atoms with Gasteiger partial charge in [-0.1, -0.05) is 18.2 Å². The normalized spacial score (nSPS) is 9.88. The van der Waals surface area contributed by atoms with Crippen molar-refractivity contribution in [2.45, 2.75) is 0 Å². The molecule has 16 heavy (non-hydrogen) atoms. The van der Waals surface area contributed by atoms with E-state index >= 15 is 0 Å². The van der Waals surface area contributed by atoms with Gasteiger partial charge in [0.1, 0.15) is 11.6 Å². The minimum absolute atomic E-state index is 0.273. The second kappa shape index (κ2) is 4.66. The van der Waals surface area contributed by atoms with E-state index in [9.17, 15) is 4.39 Å². The molecule has 0 aliphatic heterocycles. The Morgan fingerprint density at radius 1 is 1.06 bits per heavy atom. The Morgan fingerprint density at radius 3 is 2.62 bits per heavy atom. The van der Waals surface area contributed by atoms with Gasteiger partial charge in [0.25, 0.3) is 0 Å². The zero-order valence-electron chi connectivity index (χ0n) is 8.91. The van der Waals surface area contributed by atoms with E-state index in [1.165, 1.54) is 6.07 Å². The maximum Gasteiger partial charge on any atom is 0.146 e. The van der Waals surface area contributed by atoms with Gasteiger partial charge in [0.15, 0.2) is 0 Å². The predicted octanol–water partition coefficient (Wildman–Crippen LogP) is 3.58. The van der Waals surface area contributed by atoms with Crippen molar-refractivity contribution >= 4 is 11.4 Å². The monoisotopic (exact) mass is 217 g/mol. The molecule has 0 aliphatic carbocycles. The molecular weight excluding hydrogens is 205 g/mol. The molecule has 0 heterocycles. The van der Waals surface area contributed by atoms with Crippen LogP contribution in [0, 0.1) is 5.82 Å². The molecule has 0 atom stereocenters. The van der Waals surface area contributed by atoms with Crippen LogP contribution in [0.4, 0.5) is 15.8 Å². The summed E-state index contributed by atoms with van der Waals surface area (Å²) in [7, 11) is 1.60. The minimum atomic E-state index is -0.273. The van der Waals surface area contributed by atoms with Crippen LogP contribution in [-0.4, -0.2) is 7.11 Å². The largest absolute Gasteiger partial charge is 0.497 e. The van der Waals surface area contributed by atoms with Crippen LogP contribution in [0.25, 0.3) is 0 Å². The van der Waals surface area contributed by atoms with Gasteiger partial charge in [0.2, 0.25) is 0 Å². The van der Waals surface area contributed by atoms with Gasteiger partial charge in [-0.3, -0.25) is 0 Å². The number of hydrogen-bond acceptors (Lipinski definition) is 2. The van der Waals surface area contributed by atoms with Crippen molar-refractivity contribution in [2.24, 2.45) is 0 Å². The first-order valence-corrected chi connectivity index (χ1v) is 4.95. The second-order valence-electron chi connectivity index (χ2n) is 3.34. The topological polar surface area (TPSA) is 21.3 Å². The molecule has 0 unspecified atom stereocenters. The van der Waals surface area contributed by atoms with Crippen molar-refractivity contribution in [3.63, 3.8) is 0 Å². The lowest BCUT2D eigenvalue weighted by atomic mass is 10.2. The highest BCUT2D eigenvalue weighted by Crippen LogP contribution is 2.22. The van der Waals surface area contributed by atoms with Crippen molar-refractivity contribution in [1.82, 2.24) is 0 Å². The molecule has 2 rings (SSSR count). The number of nitrogens with one attached hydrogen (secondary N) is 1. The minimum Gasteiger partial charge on any atom is -0.497 e. The lowest BCUT2D eigenvalue weighted by molar-refractivity contribution is 0.415. The Labute approximate surface area is 93.7 Å². The molecule has 3 heteroatoms. The summed E-state index contributed by atoms with van der Waals surface area (Å²) in [4.78, 5) is 0. The first kappa shape index (κ1) is 10.5. The lowest BCUT2D eigenvalue weighted by Gasteiger charge is -2.08. The van der Waals surface area contributed by atoms with Crippen LogP contribution in [-0.2, 0) is 0 Å². The highest BCUT2D eigenvalue weighted by atomic mass is 19.1. The molecule has 0 aliphatic rings. The number of halogens is 1. The van der Waals surface area contributed by atoms with Crippen LogP contribution in [0.15, 0.2) is 48.5 Å². The van der Waals surface area contributed by atoms with Gasteiger partial charge >= 0.3 is 0 Å². The average molecular weight is 217 g/mol. The summed E-state index contributed by atoms with van der Waals surface area (Å²) >= 11 is 0. The van der Waals surface area contributed by atoms with Gasteiger partial charge in [-0.2, -0.15) is 0 Å². The molecule has 0 fully saturated rings. The van der Waals surface area contributed by atoms with E-state index < -0.39 is 0 Å². The fourth-order valence-corrected chi connectivity index (χ4v) is 1.42. The Balaban J connectivity index is 2.24. The molecule has 0 saturated heterocycles. The van der Waals surface area contributed by atoms with E-state index in [2.05, 4.69) is 5.32 Å². The van der Waals surface area contributed by atoms with Crippen molar-refractivity contribution in [1.29, 1.82) is 0 Å². The van der Waals surface area contributed by atoms with Crippen molar-refractivity contribution in [3.05, 3.63) is 54.3 Å². The van der Waals surface area contributed by atoms with E-state index in [0.29, 0.717) is 5.69 Å². The first-order valence-electron chi connectivity index (χ1n) is 4.95. The molecule has 0 amide bonds. The van der Waals surface area contributed by atoms with Crippen LogP contribution in [0.1, 0.15) is 0 Å². The summed E-state index contributed by atoms with van der Waals surface area (Å²) in [5, 5.41) is 2.99. The molecule has 0 saturated carbocycles. The van der Waals surface area contributed by atoms with Gasteiger partial charge in [0.05, 0.1) is 12.8 Å². The number of anilines is 2. The zero-order chi connectivity index (χ0) is 11.4. The summed E-state index contributed by atoms with van der Waals surface area (Å²) in [6, 6.07) is 13.9. The Hall–Kier alpha value is -2.03. The maximum atomic E-state index is 13.4. The van der Waals surface area contributed by atoms with E-state index in [-0.39, 0.29) is 5.82 Å². The molecule has 0 bridgehead atoms. The molecule has 2 aromatic carbocycles. The maximum absolute atomic E-state index is 13.4. The Bertz CT molecular complexity index is 485. The van der Waals surface area contributed by atoms with Gasteiger partial charge in [0, 0.05) is 11.8 Å². The highest BCUT2D eigenvalue weighted by molar-refractivity contribution is 5.61. The second-order valence-corrected chi connectivity index (χ2v) is 3.34. The fraction of sp³-hybridized carbons (Fsp3) is 0.0769. The number of para-hydroxylation sites is 1. The van der Waals surface area contributed by atoms with Gasteiger partial charge in [-0.25, -0.2) is 4.39 Å². The van der Waals surface area contributed by atoms with Gasteiger partial charge in [-0.05, 0) is 24.3 Å². The summed E-state index contributed by atoms with van der Waals surface area (Å²) in [6.45, 7) is 0. The molecule has 82 valence electrons. The van der Waals surface area contributed by atoms with Crippen LogP contribution < -0.4 is 10.1 Å². The van der Waals surface area contributed by atoms with Crippen LogP contribution in [0.5, 0.6) is 5.75 Å². The predicted molar refractivity (Wildman–Crippen MR) is 62.7 cm³/mol. The van der Waals surface area contributed by atoms with Crippen molar-refractivity contribution < 1.29 is 9.13 Å². The standard InChI is InChI=1S/C13H12FNO/c1-16-11-6-4-5-10(9-11)15-13-8-3-2-7-12(13)14/h2-9,15H,1H3. The molecule has 2 nitrogen and oxygen atoms in total. The van der Waals surface area contributed by atoms with Crippen molar-refractivity contribution in [3.8, 4) is 5.75 Å². The third kappa shape index (κ3) is 2.31. The van der Waals surface area contributed by atoms with E-state index in [1.54, 1.807) is 25.3 Å². The van der Waals surface area contributed by atoms with E-state index in [4.69, 9.17) is 4.74 Å². The molecule has 1 N–H and O–H groups in total. The Kier molecular flexibility index (Phi) is 3.05. The number of benzene rings is 2. The molecule has 0 aromatic heterocycles. The molecule has 0 radical (unpaired) electrons. The van der Waals surface area contributed by atoms with Crippen LogP contribution in [0.2, 0.25) is 0 Å². The zero-order valence-corrected chi connectivity index (χ0v) is 8.91. The van der Waals surface area contributed by atoms with Crippen molar-refractivity contribution in [2.75, 3.05) is 12.4 Å². The van der Waals surface area contributed by atoms with E-state index in [1.807, 2.05) is 24.3 Å². The number of rotatable bonds is 3. The summed E-state index contributed by atoms with van der Waals surface area (Å²) in [5.41, 5.74) is 1.25. The third-order valence-electron chi connectivity index (χ3n) is 2.22. The SMILES string of the molecule is COc1cccc(Nc2ccccc2F)c1. The summed E-state index contributed by atoms with van der Waals surface area (Å²) in [6.07, 6.45) is 0. The number of methoxy groups -OCH3 is 1. The van der Waals surface area contributed by atoms with Gasteiger partial charge < -0.3 is 10.1 Å².